The second-order valence-electron chi connectivity index (χ2n) is 8.59. The first-order valence-corrected chi connectivity index (χ1v) is 12.4. The van der Waals surface area contributed by atoms with Crippen molar-refractivity contribution in [2.75, 3.05) is 19.0 Å². The van der Waals surface area contributed by atoms with Gasteiger partial charge in [-0.1, -0.05) is 12.1 Å². The molecule has 0 aliphatic heterocycles. The molecule has 0 radical (unpaired) electrons. The number of carbonyl (C=O) groups is 2. The highest BCUT2D eigenvalue weighted by atomic mass is 19.1. The van der Waals surface area contributed by atoms with Gasteiger partial charge in [-0.2, -0.15) is 4.68 Å². The second-order valence-corrected chi connectivity index (χ2v) is 8.59. The molecule has 13 nitrogen and oxygen atoms in total. The van der Waals surface area contributed by atoms with Crippen molar-refractivity contribution in [3.05, 3.63) is 99.5 Å². The Hall–Kier alpha value is -5.66. The van der Waals surface area contributed by atoms with Crippen molar-refractivity contribution in [3.8, 4) is 17.2 Å². The summed E-state index contributed by atoms with van der Waals surface area (Å²) < 4.78 is 27.2. The minimum absolute atomic E-state index is 0.0114. The van der Waals surface area contributed by atoms with Crippen LogP contribution in [0.25, 0.3) is 5.69 Å². The van der Waals surface area contributed by atoms with Gasteiger partial charge in [0, 0.05) is 29.8 Å². The van der Waals surface area contributed by atoms with E-state index in [1.807, 2.05) is 0 Å². The number of carboxylic acid groups (broad SMARTS) is 2. The fourth-order valence-electron chi connectivity index (χ4n) is 3.88. The lowest BCUT2D eigenvalue weighted by Crippen LogP contribution is -2.18. The zero-order chi connectivity index (χ0) is 31.0. The van der Waals surface area contributed by atoms with E-state index >= 15 is 4.39 Å². The molecule has 1 unspecified atom stereocenters. The third-order valence-corrected chi connectivity index (χ3v) is 5.67. The lowest BCUT2D eigenvalue weighted by Gasteiger charge is -2.21. The third kappa shape index (κ3) is 7.29. The second kappa shape index (κ2) is 13.6. The van der Waals surface area contributed by atoms with Gasteiger partial charge in [0.25, 0.3) is 5.97 Å². The number of aromatic amines is 1. The largest absolute Gasteiger partial charge is 0.493 e. The molecule has 42 heavy (non-hydrogen) atoms. The number of aliphatic carboxylic acids is 1. The van der Waals surface area contributed by atoms with Crippen molar-refractivity contribution in [1.29, 1.82) is 5.41 Å². The summed E-state index contributed by atoms with van der Waals surface area (Å²) in [7, 11) is 1.39. The monoisotopic (exact) mass is 580 g/mol. The molecule has 0 spiro atoms. The predicted octanol–water partition coefficient (Wildman–Crippen LogP) is 3.38. The molecular weight excluding hydrogens is 551 g/mol. The number of rotatable bonds is 10. The van der Waals surface area contributed by atoms with Crippen LogP contribution in [0.4, 0.5) is 10.1 Å². The van der Waals surface area contributed by atoms with E-state index < -0.39 is 29.5 Å². The van der Waals surface area contributed by atoms with Gasteiger partial charge < -0.3 is 30.7 Å². The van der Waals surface area contributed by atoms with E-state index in [9.17, 15) is 14.7 Å². The average Bonchev–Trinajstić information content (AvgIpc) is 3.33. The van der Waals surface area contributed by atoms with Gasteiger partial charge in [0.15, 0.2) is 17.3 Å². The van der Waals surface area contributed by atoms with E-state index in [2.05, 4.69) is 15.4 Å². The number of hydrogen-bond acceptors (Lipinski definition) is 8. The van der Waals surface area contributed by atoms with Crippen LogP contribution in [0.5, 0.6) is 11.5 Å². The Kier molecular flexibility index (Phi) is 10.0. The summed E-state index contributed by atoms with van der Waals surface area (Å²) in [5.41, 5.74) is 5.82. The number of aromatic carboxylic acids is 1. The minimum atomic E-state index is -1.24. The normalized spacial score (nSPS) is 11.0. The molecule has 1 aromatic heterocycles. The average molecular weight is 581 g/mol. The zero-order valence-corrected chi connectivity index (χ0v) is 22.8. The van der Waals surface area contributed by atoms with Gasteiger partial charge in [-0.25, -0.2) is 14.0 Å². The maximum atomic E-state index is 15.4. The zero-order valence-electron chi connectivity index (χ0n) is 22.8. The number of amidine groups is 1. The fourth-order valence-corrected chi connectivity index (χ4v) is 3.88. The molecule has 0 amide bonds. The number of benzene rings is 3. The van der Waals surface area contributed by atoms with Crippen molar-refractivity contribution in [1.82, 2.24) is 14.8 Å². The van der Waals surface area contributed by atoms with Crippen LogP contribution >= 0.6 is 0 Å². The highest BCUT2D eigenvalue weighted by molar-refractivity contribution is 5.95. The van der Waals surface area contributed by atoms with E-state index in [4.69, 9.17) is 30.5 Å². The van der Waals surface area contributed by atoms with Crippen LogP contribution in [0.1, 0.15) is 47.2 Å². The number of halogens is 1. The molecule has 1 heterocycles. The lowest BCUT2D eigenvalue weighted by atomic mass is 10.0. The number of anilines is 1. The maximum absolute atomic E-state index is 15.4. The van der Waals surface area contributed by atoms with Crippen LogP contribution < -0.4 is 26.2 Å². The summed E-state index contributed by atoms with van der Waals surface area (Å²) in [5.74, 6) is -2.37. The number of nitrogens with two attached hydrogens (primary N) is 1. The highest BCUT2D eigenvalue weighted by Gasteiger charge is 2.26. The Morgan fingerprint density at radius 1 is 1.14 bits per heavy atom. The first kappa shape index (κ1) is 30.9. The summed E-state index contributed by atoms with van der Waals surface area (Å²) >= 11 is 0. The molecule has 4 aromatic rings. The standard InChI is InChI=1S/C26H25FN6O5.C2H4O2/c1-3-38-21-12-17(18(27)13-20(21)37-2)22(30-15-10-8-14(9-11-15)23(28)29)24-31-26(36)33(32-24)19-7-5-4-6-16(19)25(34)35;1-2(3)4/h4-13,22,30H,3H2,1-2H3,(H3,28,29)(H,34,35)(H,31,32,36);1H3,(H,3,4). The molecule has 1 atom stereocenters. The topological polar surface area (TPSA) is 206 Å². The third-order valence-electron chi connectivity index (χ3n) is 5.67. The molecule has 7 N–H and O–H groups in total. The van der Waals surface area contributed by atoms with Crippen LogP contribution in [-0.4, -0.2) is 56.5 Å². The van der Waals surface area contributed by atoms with E-state index in [1.54, 1.807) is 37.3 Å². The number of H-pyrrole nitrogens is 1. The van der Waals surface area contributed by atoms with Gasteiger partial charge in [-0.3, -0.25) is 15.2 Å². The number of aromatic nitrogens is 3. The number of methoxy groups -OCH3 is 1. The molecule has 0 saturated carbocycles. The first-order valence-electron chi connectivity index (χ1n) is 12.4. The molecular formula is C28H29FN6O7. The van der Waals surface area contributed by atoms with E-state index in [0.717, 1.165) is 11.6 Å². The van der Waals surface area contributed by atoms with E-state index in [-0.39, 0.29) is 40.0 Å². The van der Waals surface area contributed by atoms with Crippen LogP contribution in [-0.2, 0) is 4.79 Å². The quantitative estimate of drug-likeness (QED) is 0.119. The molecule has 0 bridgehead atoms. The van der Waals surface area contributed by atoms with Crippen molar-refractivity contribution in [2.45, 2.75) is 19.9 Å². The summed E-state index contributed by atoms with van der Waals surface area (Å²) in [6.07, 6.45) is 0. The summed E-state index contributed by atoms with van der Waals surface area (Å²) in [6, 6.07) is 14.0. The maximum Gasteiger partial charge on any atom is 0.348 e. The van der Waals surface area contributed by atoms with Gasteiger partial charge in [-0.05, 0) is 49.4 Å². The van der Waals surface area contributed by atoms with Crippen LogP contribution in [0.2, 0.25) is 0 Å². The lowest BCUT2D eigenvalue weighted by molar-refractivity contribution is -0.134. The van der Waals surface area contributed by atoms with Gasteiger partial charge >= 0.3 is 11.7 Å². The van der Waals surface area contributed by atoms with Crippen LogP contribution in [0, 0.1) is 11.2 Å². The Morgan fingerprint density at radius 2 is 1.79 bits per heavy atom. The molecule has 0 aliphatic rings. The van der Waals surface area contributed by atoms with Gasteiger partial charge in [-0.15, -0.1) is 5.10 Å². The van der Waals surface area contributed by atoms with Gasteiger partial charge in [0.05, 0.1) is 25.0 Å². The van der Waals surface area contributed by atoms with Crippen molar-refractivity contribution >= 4 is 23.5 Å². The number of para-hydroxylation sites is 1. The number of hydrogen-bond donors (Lipinski definition) is 6. The smallest absolute Gasteiger partial charge is 0.348 e. The van der Waals surface area contributed by atoms with Crippen molar-refractivity contribution < 1.29 is 33.7 Å². The van der Waals surface area contributed by atoms with Crippen molar-refractivity contribution in [2.24, 2.45) is 5.73 Å². The number of nitrogens with zero attached hydrogens (tertiary/aromatic N) is 2. The van der Waals surface area contributed by atoms with Crippen LogP contribution in [0.15, 0.2) is 65.5 Å². The summed E-state index contributed by atoms with van der Waals surface area (Å²) in [4.78, 5) is 36.3. The van der Waals surface area contributed by atoms with E-state index in [1.165, 1.54) is 37.4 Å². The number of nitrogen functional groups attached to an aromatic ring is 1. The first-order chi connectivity index (χ1) is 20.0. The molecule has 3 aromatic carbocycles. The number of ether oxygens (including phenoxy) is 2. The fraction of sp³-hybridized carbons (Fsp3) is 0.179. The van der Waals surface area contributed by atoms with Crippen LogP contribution in [0.3, 0.4) is 0 Å². The molecule has 4 rings (SSSR count). The number of carboxylic acids is 2. The minimum Gasteiger partial charge on any atom is -0.493 e. The Balaban J connectivity index is 0.00000114. The number of nitrogens with one attached hydrogen (secondary N) is 3. The molecule has 0 saturated heterocycles. The molecule has 220 valence electrons. The van der Waals surface area contributed by atoms with Gasteiger partial charge in [0.2, 0.25) is 0 Å². The molecule has 0 fully saturated rings. The van der Waals surface area contributed by atoms with E-state index in [0.29, 0.717) is 17.9 Å². The summed E-state index contributed by atoms with van der Waals surface area (Å²) in [6.45, 7) is 3.15. The Morgan fingerprint density at radius 3 is 2.36 bits per heavy atom. The summed E-state index contributed by atoms with van der Waals surface area (Å²) in [5, 5.41) is 32.1. The SMILES string of the molecule is CC(=O)O.CCOc1cc(C(Nc2ccc(C(=N)N)cc2)c2nn(-c3ccccc3C(=O)O)c(=O)[nH]2)c(F)cc1OC. The van der Waals surface area contributed by atoms with Gasteiger partial charge in [0.1, 0.15) is 17.7 Å². The molecule has 0 aliphatic carbocycles. The molecule has 14 heteroatoms. The highest BCUT2D eigenvalue weighted by Crippen LogP contribution is 2.35. The Labute approximate surface area is 238 Å². The van der Waals surface area contributed by atoms with Crippen molar-refractivity contribution in [3.63, 3.8) is 0 Å². The Bertz CT molecular complexity index is 1650. The predicted molar refractivity (Wildman–Crippen MR) is 151 cm³/mol.